The van der Waals surface area contributed by atoms with Crippen molar-refractivity contribution in [1.82, 2.24) is 9.44 Å². The fraction of sp³-hybridized carbons (Fsp3) is 0.857. The van der Waals surface area contributed by atoms with Gasteiger partial charge in [0.15, 0.2) is 0 Å². The van der Waals surface area contributed by atoms with E-state index < -0.39 is 10.2 Å². The monoisotopic (exact) mass is 203 g/mol. The summed E-state index contributed by atoms with van der Waals surface area (Å²) >= 11 is 0. The summed E-state index contributed by atoms with van der Waals surface area (Å²) in [5.41, 5.74) is 0. The fourth-order valence-corrected chi connectivity index (χ4v) is 2.31. The first-order chi connectivity index (χ1) is 6.09. The average molecular weight is 203 g/mol. The van der Waals surface area contributed by atoms with Crippen LogP contribution in [0.3, 0.4) is 0 Å². The summed E-state index contributed by atoms with van der Waals surface area (Å²) in [7, 11) is -2.05. The zero-order chi connectivity index (χ0) is 9.90. The van der Waals surface area contributed by atoms with E-state index in [0.29, 0.717) is 0 Å². The minimum atomic E-state index is -3.40. The Labute approximate surface area is 78.3 Å². The van der Waals surface area contributed by atoms with Gasteiger partial charge < -0.3 is 0 Å². The molecule has 0 aliphatic heterocycles. The molecule has 0 amide bonds. The lowest BCUT2D eigenvalue weighted by atomic mass is 10.1. The van der Waals surface area contributed by atoms with E-state index in [1.807, 2.05) is 0 Å². The highest BCUT2D eigenvalue weighted by molar-refractivity contribution is 7.87. The van der Waals surface area contributed by atoms with Crippen LogP contribution in [0.2, 0.25) is 0 Å². The molecule has 74 valence electrons. The molecule has 1 rings (SSSR count). The first-order valence-corrected chi connectivity index (χ1v) is 5.68. The molecule has 0 radical (unpaired) electrons. The van der Waals surface area contributed by atoms with E-state index in [1.54, 1.807) is 0 Å². The Balaban J connectivity index is 2.60. The van der Waals surface area contributed by atoms with Gasteiger partial charge in [-0.15, -0.1) is 0 Å². The molecular weight excluding hydrogens is 190 g/mol. The number of hydrogen-bond donors (Lipinski definition) is 2. The molecule has 0 spiro atoms. The highest BCUT2D eigenvalue weighted by atomic mass is 32.2. The SMILES string of the molecule is CNS(=O)(=O)NC1CCCC1C#N. The summed E-state index contributed by atoms with van der Waals surface area (Å²) in [5, 5.41) is 8.70. The maximum Gasteiger partial charge on any atom is 0.276 e. The van der Waals surface area contributed by atoms with Crippen molar-refractivity contribution < 1.29 is 8.42 Å². The molecule has 6 heteroatoms. The van der Waals surface area contributed by atoms with Gasteiger partial charge in [0, 0.05) is 13.1 Å². The Morgan fingerprint density at radius 3 is 2.69 bits per heavy atom. The molecule has 5 nitrogen and oxygen atoms in total. The summed E-state index contributed by atoms with van der Waals surface area (Å²) in [6.45, 7) is 0. The van der Waals surface area contributed by atoms with Crippen LogP contribution in [-0.2, 0) is 10.2 Å². The van der Waals surface area contributed by atoms with Gasteiger partial charge in [-0.2, -0.15) is 18.4 Å². The molecule has 13 heavy (non-hydrogen) atoms. The van der Waals surface area contributed by atoms with E-state index in [4.69, 9.17) is 5.26 Å². The van der Waals surface area contributed by atoms with Gasteiger partial charge in [0.1, 0.15) is 0 Å². The molecule has 1 saturated carbocycles. The normalized spacial score (nSPS) is 28.6. The van der Waals surface area contributed by atoms with Crippen molar-refractivity contribution >= 4 is 10.2 Å². The van der Waals surface area contributed by atoms with E-state index in [9.17, 15) is 8.42 Å². The molecule has 2 atom stereocenters. The molecule has 0 bridgehead atoms. The van der Waals surface area contributed by atoms with E-state index in [-0.39, 0.29) is 12.0 Å². The van der Waals surface area contributed by atoms with Crippen LogP contribution in [0.5, 0.6) is 0 Å². The molecular formula is C7H13N3O2S. The number of nitriles is 1. The Morgan fingerprint density at radius 1 is 1.46 bits per heavy atom. The molecule has 0 aromatic carbocycles. The van der Waals surface area contributed by atoms with E-state index in [1.165, 1.54) is 7.05 Å². The molecule has 1 aliphatic rings. The second-order valence-corrected chi connectivity index (χ2v) is 4.75. The third-order valence-corrected chi connectivity index (χ3v) is 3.41. The van der Waals surface area contributed by atoms with Crippen LogP contribution in [0.15, 0.2) is 0 Å². The topological polar surface area (TPSA) is 82.0 Å². The van der Waals surface area contributed by atoms with Gasteiger partial charge in [-0.05, 0) is 12.8 Å². The van der Waals surface area contributed by atoms with Crippen LogP contribution >= 0.6 is 0 Å². The molecule has 2 unspecified atom stereocenters. The van der Waals surface area contributed by atoms with Gasteiger partial charge in [0.25, 0.3) is 10.2 Å². The lowest BCUT2D eigenvalue weighted by Crippen LogP contribution is -2.42. The molecule has 0 saturated heterocycles. The molecule has 1 fully saturated rings. The van der Waals surface area contributed by atoms with Crippen molar-refractivity contribution in [1.29, 1.82) is 5.26 Å². The van der Waals surface area contributed by atoms with Crippen LogP contribution in [-0.4, -0.2) is 21.5 Å². The van der Waals surface area contributed by atoms with E-state index >= 15 is 0 Å². The molecule has 2 N–H and O–H groups in total. The zero-order valence-corrected chi connectivity index (χ0v) is 8.26. The third kappa shape index (κ3) is 2.66. The Kier molecular flexibility index (Phi) is 3.25. The summed E-state index contributed by atoms with van der Waals surface area (Å²) in [6, 6.07) is 1.89. The van der Waals surface area contributed by atoms with Crippen molar-refractivity contribution in [2.24, 2.45) is 5.92 Å². The number of rotatable bonds is 3. The lowest BCUT2D eigenvalue weighted by molar-refractivity contribution is 0.510. The van der Waals surface area contributed by atoms with Crippen molar-refractivity contribution in [3.05, 3.63) is 0 Å². The smallest absolute Gasteiger partial charge is 0.205 e. The van der Waals surface area contributed by atoms with Gasteiger partial charge in [-0.25, -0.2) is 4.72 Å². The van der Waals surface area contributed by atoms with E-state index in [2.05, 4.69) is 15.5 Å². The zero-order valence-electron chi connectivity index (χ0n) is 7.45. The highest BCUT2D eigenvalue weighted by Gasteiger charge is 2.29. The maximum atomic E-state index is 11.1. The van der Waals surface area contributed by atoms with Gasteiger partial charge in [0.05, 0.1) is 12.0 Å². The van der Waals surface area contributed by atoms with Crippen LogP contribution in [0.25, 0.3) is 0 Å². The highest BCUT2D eigenvalue weighted by Crippen LogP contribution is 2.24. The number of nitrogens with one attached hydrogen (secondary N) is 2. The Bertz CT molecular complexity index is 306. The Hall–Kier alpha value is -0.640. The van der Waals surface area contributed by atoms with Crippen LogP contribution in [0.1, 0.15) is 19.3 Å². The third-order valence-electron chi connectivity index (χ3n) is 2.26. The predicted octanol–water partition coefficient (Wildman–Crippen LogP) is -0.268. The first kappa shape index (κ1) is 10.4. The predicted molar refractivity (Wildman–Crippen MR) is 47.9 cm³/mol. The molecule has 0 aromatic heterocycles. The summed E-state index contributed by atoms with van der Waals surface area (Å²) < 4.78 is 26.8. The van der Waals surface area contributed by atoms with Crippen molar-refractivity contribution in [2.75, 3.05) is 7.05 Å². The Morgan fingerprint density at radius 2 is 2.15 bits per heavy atom. The second-order valence-electron chi connectivity index (χ2n) is 3.10. The molecule has 1 aliphatic carbocycles. The quantitative estimate of drug-likeness (QED) is 0.662. The van der Waals surface area contributed by atoms with Crippen molar-refractivity contribution in [2.45, 2.75) is 25.3 Å². The van der Waals surface area contributed by atoms with Gasteiger partial charge in [-0.1, -0.05) is 6.42 Å². The standard InChI is InChI=1S/C7H13N3O2S/c1-9-13(11,12)10-7-4-2-3-6(7)5-8/h6-7,9-10H,2-4H2,1H3. The second kappa shape index (κ2) is 4.05. The van der Waals surface area contributed by atoms with Gasteiger partial charge in [-0.3, -0.25) is 0 Å². The number of hydrogen-bond acceptors (Lipinski definition) is 3. The van der Waals surface area contributed by atoms with Gasteiger partial charge >= 0.3 is 0 Å². The van der Waals surface area contributed by atoms with Crippen molar-refractivity contribution in [3.63, 3.8) is 0 Å². The number of nitrogens with zero attached hydrogens (tertiary/aromatic N) is 1. The van der Waals surface area contributed by atoms with Crippen LogP contribution in [0, 0.1) is 17.2 Å². The summed E-state index contributed by atoms with van der Waals surface area (Å²) in [5.74, 6) is -0.178. The minimum absolute atomic E-state index is 0.178. The first-order valence-electron chi connectivity index (χ1n) is 4.19. The lowest BCUT2D eigenvalue weighted by Gasteiger charge is -2.14. The fourth-order valence-electron chi connectivity index (χ4n) is 1.51. The molecule has 0 aromatic rings. The van der Waals surface area contributed by atoms with Crippen LogP contribution < -0.4 is 9.44 Å². The van der Waals surface area contributed by atoms with Gasteiger partial charge in [0.2, 0.25) is 0 Å². The largest absolute Gasteiger partial charge is 0.276 e. The molecule has 0 heterocycles. The maximum absolute atomic E-state index is 11.1. The summed E-state index contributed by atoms with van der Waals surface area (Å²) in [4.78, 5) is 0. The van der Waals surface area contributed by atoms with Crippen LogP contribution in [0.4, 0.5) is 0 Å². The summed E-state index contributed by atoms with van der Waals surface area (Å²) in [6.07, 6.45) is 2.45. The van der Waals surface area contributed by atoms with Crippen molar-refractivity contribution in [3.8, 4) is 6.07 Å². The minimum Gasteiger partial charge on any atom is -0.205 e. The average Bonchev–Trinajstić information content (AvgIpc) is 2.51. The van der Waals surface area contributed by atoms with E-state index in [0.717, 1.165) is 19.3 Å².